The maximum absolute atomic E-state index is 13.1. The van der Waals surface area contributed by atoms with Crippen LogP contribution in [0.25, 0.3) is 10.9 Å². The Morgan fingerprint density at radius 2 is 1.11 bits per heavy atom. The van der Waals surface area contributed by atoms with E-state index in [-0.39, 0.29) is 41.7 Å². The van der Waals surface area contributed by atoms with Crippen molar-refractivity contribution in [2.24, 2.45) is 0 Å². The van der Waals surface area contributed by atoms with Gasteiger partial charge in [-0.3, -0.25) is 24.1 Å². The first-order valence-corrected chi connectivity index (χ1v) is 36.1. The van der Waals surface area contributed by atoms with Crippen LogP contribution in [-0.4, -0.2) is 246 Å². The lowest BCUT2D eigenvalue weighted by molar-refractivity contribution is -0.122. The van der Waals surface area contributed by atoms with Crippen LogP contribution in [0.3, 0.4) is 0 Å². The van der Waals surface area contributed by atoms with Gasteiger partial charge in [-0.15, -0.1) is 0 Å². The minimum Gasteiger partial charge on any atom is -0.493 e. The number of morpholine rings is 1. The Morgan fingerprint density at radius 3 is 1.69 bits per heavy atom. The number of carbonyl (C=O) groups excluding carboxylic acids is 5. The molecule has 3 fully saturated rings. The standard InChI is InChI=1S/C70H107N11O16S/c1-87-61-49-58-59(50-62(61)97-30-10-27-81-28-33-90-34-29-81)75-53-76-68(58)77-56-19-21-57(22-20-56)78-69(85)55-17-15-54(16-18-55)51-71-25-31-88-35-37-91-39-41-93-43-45-95-47-48-96-46-44-94-42-40-92-38-36-89-32-26-74-66(84)13-5-3-9-23-72-64(82)12-4-2-8-24-73-65(83)14-7-6-11-63-67-60(52-98-63)79-70(86)80-67/h15-22,49-50,53,60,63,67,71H,2-14,23-48,51-52H2,1H3,(H,72,82)(H,73,83)(H,74,84)(H,78,85)(H,75,76,77)(H2,79,80,86)/t60-,63-,67-/m0/s1. The topological polar surface area (TPSA) is 312 Å². The van der Waals surface area contributed by atoms with Crippen molar-refractivity contribution in [2.75, 3.05) is 195 Å². The predicted molar refractivity (Wildman–Crippen MR) is 376 cm³/mol. The first-order chi connectivity index (χ1) is 48.2. The van der Waals surface area contributed by atoms with E-state index < -0.39 is 0 Å². The smallest absolute Gasteiger partial charge is 0.315 e. The molecule has 28 heteroatoms. The molecule has 4 heterocycles. The number of ether oxygens (including phenoxy) is 11. The molecule has 0 spiro atoms. The zero-order chi connectivity index (χ0) is 68.7. The number of rotatable bonds is 56. The van der Waals surface area contributed by atoms with Gasteiger partial charge in [-0.25, -0.2) is 14.8 Å². The largest absolute Gasteiger partial charge is 0.493 e. The maximum Gasteiger partial charge on any atom is 0.315 e. The molecule has 27 nitrogen and oxygen atoms in total. The number of fused-ring (bicyclic) bond motifs is 2. The lowest BCUT2D eigenvalue weighted by atomic mass is 10.0. The Kier molecular flexibility index (Phi) is 39.5. The first kappa shape index (κ1) is 78.8. The van der Waals surface area contributed by atoms with E-state index in [2.05, 4.69) is 57.4 Å². The average molecular weight is 1390 g/mol. The number of aromatic nitrogens is 2. The molecule has 4 aromatic rings. The average Bonchev–Trinajstić information content (AvgIpc) is 0.943. The summed E-state index contributed by atoms with van der Waals surface area (Å²) in [6.45, 7) is 15.3. The molecule has 0 bridgehead atoms. The lowest BCUT2D eigenvalue weighted by Gasteiger charge is -2.26. The highest BCUT2D eigenvalue weighted by molar-refractivity contribution is 8.00. The fourth-order valence-corrected chi connectivity index (χ4v) is 12.5. The molecule has 0 saturated carbocycles. The van der Waals surface area contributed by atoms with Crippen molar-refractivity contribution in [3.63, 3.8) is 0 Å². The molecule has 544 valence electrons. The summed E-state index contributed by atoms with van der Waals surface area (Å²) in [4.78, 5) is 72.6. The number of urea groups is 1. The molecule has 0 aliphatic carbocycles. The Morgan fingerprint density at radius 1 is 0.571 bits per heavy atom. The summed E-state index contributed by atoms with van der Waals surface area (Å²) in [5.41, 5.74) is 3.78. The van der Waals surface area contributed by atoms with Crippen molar-refractivity contribution in [3.05, 3.63) is 78.1 Å². The molecular formula is C70H107N11O16S. The predicted octanol–water partition coefficient (Wildman–Crippen LogP) is 6.15. The van der Waals surface area contributed by atoms with Crippen molar-refractivity contribution >= 4 is 69.5 Å². The van der Waals surface area contributed by atoms with E-state index in [1.54, 1.807) is 7.11 Å². The number of hydrogen-bond acceptors (Lipinski definition) is 22. The van der Waals surface area contributed by atoms with Gasteiger partial charge in [0.2, 0.25) is 17.7 Å². The van der Waals surface area contributed by atoms with Gasteiger partial charge in [-0.05, 0) is 93.0 Å². The number of thioether (sulfide) groups is 1. The summed E-state index contributed by atoms with van der Waals surface area (Å²) in [6, 6.07) is 19.1. The number of amides is 6. The third-order valence-electron chi connectivity index (χ3n) is 16.3. The number of unbranched alkanes of at least 4 members (excludes halogenated alkanes) is 5. The van der Waals surface area contributed by atoms with E-state index in [1.807, 2.05) is 72.4 Å². The van der Waals surface area contributed by atoms with Crippen LogP contribution in [0.4, 0.5) is 22.0 Å². The number of carbonyl (C=O) groups is 5. The number of hydrogen-bond donors (Lipinski definition) is 8. The van der Waals surface area contributed by atoms with Gasteiger partial charge in [-0.2, -0.15) is 11.8 Å². The number of nitrogens with one attached hydrogen (secondary N) is 8. The zero-order valence-electron chi connectivity index (χ0n) is 57.4. The van der Waals surface area contributed by atoms with Crippen molar-refractivity contribution in [2.45, 2.75) is 107 Å². The van der Waals surface area contributed by atoms with E-state index in [9.17, 15) is 24.0 Å². The molecule has 0 radical (unpaired) electrons. The van der Waals surface area contributed by atoms with E-state index >= 15 is 0 Å². The third-order valence-corrected chi connectivity index (χ3v) is 17.8. The second kappa shape index (κ2) is 49.1. The molecule has 8 N–H and O–H groups in total. The normalized spacial score (nSPS) is 15.9. The van der Waals surface area contributed by atoms with Crippen molar-refractivity contribution in [3.8, 4) is 11.5 Å². The highest BCUT2D eigenvalue weighted by atomic mass is 32.2. The molecule has 3 saturated heterocycles. The molecule has 0 unspecified atom stereocenters. The van der Waals surface area contributed by atoms with Gasteiger partial charge >= 0.3 is 6.03 Å². The van der Waals surface area contributed by atoms with Crippen LogP contribution in [0.5, 0.6) is 11.5 Å². The molecule has 7 rings (SSSR count). The van der Waals surface area contributed by atoms with Gasteiger partial charge in [0, 0.05) is 111 Å². The van der Waals surface area contributed by atoms with E-state index in [4.69, 9.17) is 52.1 Å². The number of benzene rings is 3. The summed E-state index contributed by atoms with van der Waals surface area (Å²) in [7, 11) is 1.62. The van der Waals surface area contributed by atoms with Crippen LogP contribution < -0.4 is 52.0 Å². The zero-order valence-corrected chi connectivity index (χ0v) is 58.2. The van der Waals surface area contributed by atoms with Crippen LogP contribution >= 0.6 is 11.8 Å². The molecule has 1 aromatic heterocycles. The van der Waals surface area contributed by atoms with Gasteiger partial charge < -0.3 is 94.6 Å². The monoisotopic (exact) mass is 1390 g/mol. The minimum absolute atomic E-state index is 0.0108. The summed E-state index contributed by atoms with van der Waals surface area (Å²) in [5.74, 6) is 2.70. The number of methoxy groups -OCH3 is 1. The lowest BCUT2D eigenvalue weighted by Crippen LogP contribution is -2.37. The van der Waals surface area contributed by atoms with Crippen LogP contribution in [0.1, 0.15) is 99.4 Å². The molecular weight excluding hydrogens is 1280 g/mol. The van der Waals surface area contributed by atoms with Gasteiger partial charge in [0.1, 0.15) is 12.1 Å². The second-order valence-corrected chi connectivity index (χ2v) is 25.1. The van der Waals surface area contributed by atoms with Gasteiger partial charge in [0.25, 0.3) is 5.91 Å². The fraction of sp³-hybridized carbons (Fsp3) is 0.643. The quantitative estimate of drug-likeness (QED) is 0.0181. The summed E-state index contributed by atoms with van der Waals surface area (Å²) < 4.78 is 61.9. The molecule has 3 aliphatic heterocycles. The summed E-state index contributed by atoms with van der Waals surface area (Å²) in [5, 5.41) is 25.7. The second-order valence-electron chi connectivity index (χ2n) is 23.9. The van der Waals surface area contributed by atoms with Crippen molar-refractivity contribution < 1.29 is 76.1 Å². The molecule has 3 atom stereocenters. The summed E-state index contributed by atoms with van der Waals surface area (Å²) >= 11 is 1.90. The van der Waals surface area contributed by atoms with Crippen molar-refractivity contribution in [1.82, 2.24) is 46.8 Å². The van der Waals surface area contributed by atoms with Crippen molar-refractivity contribution in [1.29, 1.82) is 0 Å². The van der Waals surface area contributed by atoms with Crippen LogP contribution in [0, 0.1) is 0 Å². The van der Waals surface area contributed by atoms with Gasteiger partial charge in [0.05, 0.1) is 150 Å². The van der Waals surface area contributed by atoms with E-state index in [0.29, 0.717) is 198 Å². The Bertz CT molecular complexity index is 2880. The van der Waals surface area contributed by atoms with Gasteiger partial charge in [-0.1, -0.05) is 31.4 Å². The number of nitrogens with zero attached hydrogens (tertiary/aromatic N) is 3. The highest BCUT2D eigenvalue weighted by Crippen LogP contribution is 2.36. The first-order valence-electron chi connectivity index (χ1n) is 35.0. The maximum atomic E-state index is 13.1. The highest BCUT2D eigenvalue weighted by Gasteiger charge is 2.42. The fourth-order valence-electron chi connectivity index (χ4n) is 10.9. The number of anilines is 3. The van der Waals surface area contributed by atoms with Gasteiger partial charge in [0.15, 0.2) is 11.5 Å². The molecule has 98 heavy (non-hydrogen) atoms. The SMILES string of the molecule is COc1cc2c(Nc3ccc(NC(=O)c4ccc(CNCCOCCOCCOCCOCCOCCOCCOCCOCCNC(=O)CCCCCNC(=O)CCCCCNC(=O)CCCC[C@@H]5SC[C@@H]6NC(=O)N[C@@H]65)cc4)cc3)ncnc2cc1OCCCN1CCOCC1. The van der Waals surface area contributed by atoms with E-state index in [0.717, 1.165) is 125 Å². The van der Waals surface area contributed by atoms with E-state index in [1.165, 1.54) is 6.33 Å². The Balaban J connectivity index is 0.547. The molecule has 6 amide bonds. The van der Waals surface area contributed by atoms with Crippen LogP contribution in [0.15, 0.2) is 67.0 Å². The Hall–Kier alpha value is -6.54. The summed E-state index contributed by atoms with van der Waals surface area (Å²) in [6.07, 6.45) is 11.6. The van der Waals surface area contributed by atoms with Crippen LogP contribution in [0.2, 0.25) is 0 Å². The van der Waals surface area contributed by atoms with Crippen LogP contribution in [-0.2, 0) is 63.6 Å². The molecule has 3 aromatic carbocycles. The Labute approximate surface area is 581 Å². The minimum atomic E-state index is -0.204. The third kappa shape index (κ3) is 32.6. The molecule has 3 aliphatic rings.